The standard InChI is InChI=1S/C19H20N2O2/c1-10-2-4-11(5-3-10)20-9-21-18(22)16-12-6-7-13(15-8-14(12)15)17(16)19(21)23/h2-7,12-17,20H,8-9H2,1H3/t12-,13-,14-,15-,16-,17+/m1/s1. The molecule has 1 N–H and O–H groups in total. The van der Waals surface area contributed by atoms with Crippen molar-refractivity contribution in [2.24, 2.45) is 35.5 Å². The van der Waals surface area contributed by atoms with E-state index in [9.17, 15) is 9.59 Å². The number of benzene rings is 1. The summed E-state index contributed by atoms with van der Waals surface area (Å²) in [4.78, 5) is 27.1. The molecule has 6 rings (SSSR count). The van der Waals surface area contributed by atoms with Gasteiger partial charge in [-0.1, -0.05) is 29.8 Å². The maximum atomic E-state index is 12.8. The van der Waals surface area contributed by atoms with Crippen LogP contribution in [0, 0.1) is 42.4 Å². The largest absolute Gasteiger partial charge is 0.367 e. The molecule has 4 heteroatoms. The fraction of sp³-hybridized carbons (Fsp3) is 0.474. The van der Waals surface area contributed by atoms with E-state index >= 15 is 0 Å². The molecule has 1 aromatic rings. The summed E-state index contributed by atoms with van der Waals surface area (Å²) in [5.74, 6) is 1.79. The molecule has 3 fully saturated rings. The van der Waals surface area contributed by atoms with E-state index in [0.717, 1.165) is 5.69 Å². The lowest BCUT2D eigenvalue weighted by atomic mass is 9.63. The number of carbonyl (C=O) groups excluding carboxylic acids is 2. The molecule has 0 unspecified atom stereocenters. The van der Waals surface area contributed by atoms with E-state index in [0.29, 0.717) is 23.7 Å². The van der Waals surface area contributed by atoms with Crippen LogP contribution in [0.5, 0.6) is 0 Å². The highest BCUT2D eigenvalue weighted by Crippen LogP contribution is 2.65. The second-order valence-corrected chi connectivity index (χ2v) is 7.46. The van der Waals surface area contributed by atoms with E-state index in [1.807, 2.05) is 31.2 Å². The number of nitrogens with zero attached hydrogens (tertiary/aromatic N) is 1. The maximum absolute atomic E-state index is 12.8. The van der Waals surface area contributed by atoms with Gasteiger partial charge in [0.25, 0.3) is 0 Å². The Morgan fingerprint density at radius 1 is 1.00 bits per heavy atom. The molecule has 4 aliphatic carbocycles. The van der Waals surface area contributed by atoms with E-state index in [-0.39, 0.29) is 30.3 Å². The zero-order valence-electron chi connectivity index (χ0n) is 13.1. The van der Waals surface area contributed by atoms with E-state index in [1.165, 1.54) is 16.9 Å². The van der Waals surface area contributed by atoms with Crippen molar-refractivity contribution in [2.45, 2.75) is 13.3 Å². The van der Waals surface area contributed by atoms with Gasteiger partial charge in [0, 0.05) is 5.69 Å². The Labute approximate surface area is 135 Å². The van der Waals surface area contributed by atoms with Gasteiger partial charge in [-0.05, 0) is 49.1 Å². The monoisotopic (exact) mass is 308 g/mol. The number of anilines is 1. The van der Waals surface area contributed by atoms with Crippen molar-refractivity contribution in [3.05, 3.63) is 42.0 Å². The molecule has 0 aromatic heterocycles. The topological polar surface area (TPSA) is 49.4 Å². The van der Waals surface area contributed by atoms with Crippen molar-refractivity contribution in [1.82, 2.24) is 4.90 Å². The van der Waals surface area contributed by atoms with Crippen molar-refractivity contribution >= 4 is 17.5 Å². The van der Waals surface area contributed by atoms with Gasteiger partial charge in [-0.2, -0.15) is 0 Å². The summed E-state index contributed by atoms with van der Waals surface area (Å²) in [6, 6.07) is 8.00. The Morgan fingerprint density at radius 3 is 2.13 bits per heavy atom. The van der Waals surface area contributed by atoms with Gasteiger partial charge in [0.2, 0.25) is 11.8 Å². The summed E-state index contributed by atoms with van der Waals surface area (Å²) in [7, 11) is 0. The van der Waals surface area contributed by atoms with Crippen LogP contribution < -0.4 is 5.32 Å². The minimum atomic E-state index is -0.0962. The predicted octanol–water partition coefficient (Wildman–Crippen LogP) is 2.42. The molecule has 1 aromatic carbocycles. The third-order valence-corrected chi connectivity index (χ3v) is 6.25. The van der Waals surface area contributed by atoms with Crippen LogP contribution in [0.4, 0.5) is 5.69 Å². The van der Waals surface area contributed by atoms with Crippen LogP contribution >= 0.6 is 0 Å². The number of aryl methyl sites for hydroxylation is 1. The summed E-state index contributed by atoms with van der Waals surface area (Å²) in [5, 5.41) is 3.22. The lowest BCUT2D eigenvalue weighted by molar-refractivity contribution is -0.139. The van der Waals surface area contributed by atoms with Crippen molar-refractivity contribution in [2.75, 3.05) is 12.0 Å². The van der Waals surface area contributed by atoms with Crippen LogP contribution in [0.2, 0.25) is 0 Å². The first-order valence-corrected chi connectivity index (χ1v) is 8.49. The van der Waals surface area contributed by atoms with Crippen LogP contribution in [0.1, 0.15) is 12.0 Å². The molecule has 1 aliphatic heterocycles. The number of allylic oxidation sites excluding steroid dienone is 2. The molecule has 1 saturated heterocycles. The third kappa shape index (κ3) is 1.78. The molecule has 2 amide bonds. The van der Waals surface area contributed by atoms with E-state index in [1.54, 1.807) is 0 Å². The number of nitrogens with one attached hydrogen (secondary N) is 1. The molecule has 23 heavy (non-hydrogen) atoms. The number of carbonyl (C=O) groups is 2. The van der Waals surface area contributed by atoms with E-state index < -0.39 is 0 Å². The van der Waals surface area contributed by atoms with Crippen molar-refractivity contribution in [3.63, 3.8) is 0 Å². The maximum Gasteiger partial charge on any atom is 0.235 e. The minimum absolute atomic E-state index is 0.0318. The Bertz CT molecular complexity index is 687. The van der Waals surface area contributed by atoms with Crippen LogP contribution in [0.25, 0.3) is 0 Å². The highest BCUT2D eigenvalue weighted by Gasteiger charge is 2.66. The van der Waals surface area contributed by atoms with Gasteiger partial charge in [-0.15, -0.1) is 0 Å². The molecule has 4 nitrogen and oxygen atoms in total. The molecule has 2 saturated carbocycles. The average molecular weight is 308 g/mol. The molecule has 0 spiro atoms. The number of hydrogen-bond donors (Lipinski definition) is 1. The zero-order chi connectivity index (χ0) is 15.7. The lowest BCUT2D eigenvalue weighted by Gasteiger charge is -2.37. The quantitative estimate of drug-likeness (QED) is 0.689. The van der Waals surface area contributed by atoms with Crippen molar-refractivity contribution in [1.29, 1.82) is 0 Å². The Morgan fingerprint density at radius 2 is 1.57 bits per heavy atom. The number of amides is 2. The predicted molar refractivity (Wildman–Crippen MR) is 86.2 cm³/mol. The molecule has 6 atom stereocenters. The van der Waals surface area contributed by atoms with Gasteiger partial charge in [0.1, 0.15) is 0 Å². The van der Waals surface area contributed by atoms with Gasteiger partial charge in [-0.3, -0.25) is 14.5 Å². The fourth-order valence-corrected chi connectivity index (χ4v) is 5.02. The van der Waals surface area contributed by atoms with Crippen LogP contribution in [0.3, 0.4) is 0 Å². The fourth-order valence-electron chi connectivity index (χ4n) is 5.02. The second-order valence-electron chi connectivity index (χ2n) is 7.46. The van der Waals surface area contributed by atoms with Gasteiger partial charge in [-0.25, -0.2) is 0 Å². The lowest BCUT2D eigenvalue weighted by Crippen LogP contribution is -2.40. The molecule has 1 heterocycles. The molecule has 0 radical (unpaired) electrons. The Balaban J connectivity index is 1.36. The smallest absolute Gasteiger partial charge is 0.235 e. The summed E-state index contributed by atoms with van der Waals surface area (Å²) in [5.41, 5.74) is 2.13. The summed E-state index contributed by atoms with van der Waals surface area (Å²) in [6.07, 6.45) is 5.63. The summed E-state index contributed by atoms with van der Waals surface area (Å²) < 4.78 is 0. The van der Waals surface area contributed by atoms with Crippen LogP contribution in [-0.2, 0) is 9.59 Å². The molecular formula is C19H20N2O2. The summed E-state index contributed by atoms with van der Waals surface area (Å²) in [6.45, 7) is 2.32. The van der Waals surface area contributed by atoms with Crippen LogP contribution in [0.15, 0.2) is 36.4 Å². The second kappa shape index (κ2) is 4.47. The third-order valence-electron chi connectivity index (χ3n) is 6.25. The van der Waals surface area contributed by atoms with Crippen molar-refractivity contribution in [3.8, 4) is 0 Å². The first kappa shape index (κ1) is 13.3. The van der Waals surface area contributed by atoms with Gasteiger partial charge in [0.05, 0.1) is 18.5 Å². The Hall–Kier alpha value is -2.10. The molecule has 118 valence electrons. The zero-order valence-corrected chi connectivity index (χ0v) is 13.1. The normalized spacial score (nSPS) is 39.4. The van der Waals surface area contributed by atoms with Gasteiger partial charge < -0.3 is 5.32 Å². The highest BCUT2D eigenvalue weighted by molar-refractivity contribution is 6.06. The number of hydrogen-bond acceptors (Lipinski definition) is 3. The average Bonchev–Trinajstić information content (AvgIpc) is 3.33. The Kier molecular flexibility index (Phi) is 2.59. The van der Waals surface area contributed by atoms with Gasteiger partial charge >= 0.3 is 0 Å². The number of imide groups is 1. The molecule has 2 bridgehead atoms. The number of rotatable bonds is 3. The molecular weight excluding hydrogens is 288 g/mol. The number of likely N-dealkylation sites (tertiary alicyclic amines) is 1. The van der Waals surface area contributed by atoms with E-state index in [4.69, 9.17) is 0 Å². The minimum Gasteiger partial charge on any atom is -0.367 e. The van der Waals surface area contributed by atoms with Crippen molar-refractivity contribution < 1.29 is 9.59 Å². The van der Waals surface area contributed by atoms with Gasteiger partial charge in [0.15, 0.2) is 0 Å². The first-order valence-electron chi connectivity index (χ1n) is 8.49. The highest BCUT2D eigenvalue weighted by atomic mass is 16.2. The first-order chi connectivity index (χ1) is 11.1. The van der Waals surface area contributed by atoms with Crippen LogP contribution in [-0.4, -0.2) is 23.4 Å². The van der Waals surface area contributed by atoms with E-state index in [2.05, 4.69) is 17.5 Å². The molecule has 5 aliphatic rings. The summed E-state index contributed by atoms with van der Waals surface area (Å²) >= 11 is 0. The SMILES string of the molecule is Cc1ccc(NCN2C(=O)[C@@H]3[C@@H]4C=C[C@H]([C@H]5C[C@H]45)[C@@H]3C2=O)cc1.